The van der Waals surface area contributed by atoms with Gasteiger partial charge in [0.25, 0.3) is 5.91 Å². The lowest BCUT2D eigenvalue weighted by molar-refractivity contribution is -0.193. The van der Waals surface area contributed by atoms with Crippen molar-refractivity contribution >= 4 is 40.6 Å². The Kier molecular flexibility index (Phi) is 15.3. The summed E-state index contributed by atoms with van der Waals surface area (Å²) < 4.78 is 97.2. The summed E-state index contributed by atoms with van der Waals surface area (Å²) in [4.78, 5) is 61.0. The molecule has 0 bridgehead atoms. The number of carboxylic acid groups (broad SMARTS) is 3. The lowest BCUT2D eigenvalue weighted by Gasteiger charge is -2.42. The highest BCUT2D eigenvalue weighted by atomic mass is 19.4. The fourth-order valence-electron chi connectivity index (χ4n) is 5.18. The van der Waals surface area contributed by atoms with E-state index in [0.717, 1.165) is 48.9 Å². The minimum Gasteiger partial charge on any atom is -0.475 e. The number of carboxylic acids is 3. The Morgan fingerprint density at radius 2 is 1.37 bits per heavy atom. The summed E-state index contributed by atoms with van der Waals surface area (Å²) in [6.45, 7) is 4.32. The molecule has 14 nitrogen and oxygen atoms in total. The van der Waals surface area contributed by atoms with Gasteiger partial charge in [-0.25, -0.2) is 14.4 Å². The first kappa shape index (κ1) is 44.7. The Morgan fingerprint density at radius 3 is 1.85 bits per heavy atom. The molecule has 0 aliphatic carbocycles. The third kappa shape index (κ3) is 12.9. The number of para-hydroxylation sites is 1. The number of carbonyl (C=O) groups is 5. The maximum atomic E-state index is 12.8. The van der Waals surface area contributed by atoms with Crippen molar-refractivity contribution in [1.29, 1.82) is 0 Å². The molecule has 0 saturated carbocycles. The quantitative estimate of drug-likeness (QED) is 0.229. The fraction of sp³-hybridized carbons (Fsp3) is 0.419. The van der Waals surface area contributed by atoms with Crippen LogP contribution in [0, 0.1) is 0 Å². The van der Waals surface area contributed by atoms with Gasteiger partial charge in [0.05, 0.1) is 12.2 Å². The van der Waals surface area contributed by atoms with E-state index >= 15 is 0 Å². The second kappa shape index (κ2) is 18.5. The molecule has 1 aromatic carbocycles. The number of aryl methyl sites for hydroxylation is 1. The second-order valence-corrected chi connectivity index (χ2v) is 11.4. The van der Waals surface area contributed by atoms with Crippen LogP contribution in [-0.4, -0.2) is 121 Å². The van der Waals surface area contributed by atoms with Gasteiger partial charge >= 0.3 is 36.4 Å². The number of aromatic nitrogens is 2. The summed E-state index contributed by atoms with van der Waals surface area (Å²) in [6.07, 6.45) is -8.15. The van der Waals surface area contributed by atoms with E-state index in [1.54, 1.807) is 6.20 Å². The monoisotopic (exact) mass is 788 g/mol. The number of hydrogen-bond donors (Lipinski definition) is 5. The van der Waals surface area contributed by atoms with Gasteiger partial charge in [-0.3, -0.25) is 19.5 Å². The van der Waals surface area contributed by atoms with Gasteiger partial charge in [-0.05, 0) is 30.5 Å². The second-order valence-electron chi connectivity index (χ2n) is 11.4. The Balaban J connectivity index is 0.000000393. The molecule has 2 amide bonds. The molecular formula is C31H33F9N6O8. The molecule has 4 heterocycles. The normalized spacial score (nSPS) is 15.8. The molecule has 5 rings (SSSR count). The molecule has 298 valence electrons. The van der Waals surface area contributed by atoms with E-state index in [2.05, 4.69) is 31.5 Å². The number of pyridine rings is 1. The number of benzene rings is 1. The zero-order valence-electron chi connectivity index (χ0n) is 27.9. The number of amides is 2. The smallest absolute Gasteiger partial charge is 0.475 e. The molecule has 2 aliphatic rings. The molecule has 0 unspecified atom stereocenters. The number of halogens is 9. The SMILES string of the molecule is Cn1cc(C(=O)NCCN2CCC3(CC2)C(=O)NCN3Cc2cccnc2)c2ccccc21.O=C(O)C(F)(F)F.O=C(O)C(F)(F)F.O=C(O)C(F)(F)F. The highest BCUT2D eigenvalue weighted by molar-refractivity contribution is 6.07. The van der Waals surface area contributed by atoms with Gasteiger partial charge in [-0.1, -0.05) is 24.3 Å². The van der Waals surface area contributed by atoms with Crippen LogP contribution in [0.2, 0.25) is 0 Å². The van der Waals surface area contributed by atoms with E-state index in [0.29, 0.717) is 25.3 Å². The summed E-state index contributed by atoms with van der Waals surface area (Å²) >= 11 is 0. The highest BCUT2D eigenvalue weighted by Crippen LogP contribution is 2.33. The van der Waals surface area contributed by atoms with Crippen LogP contribution in [-0.2, 0) is 32.8 Å². The molecular weight excluding hydrogens is 755 g/mol. The topological polar surface area (TPSA) is 194 Å². The van der Waals surface area contributed by atoms with Gasteiger partial charge in [-0.15, -0.1) is 0 Å². The van der Waals surface area contributed by atoms with Gasteiger partial charge in [0.15, 0.2) is 0 Å². The van der Waals surface area contributed by atoms with Crippen molar-refractivity contribution in [3.63, 3.8) is 0 Å². The van der Waals surface area contributed by atoms with Gasteiger partial charge in [0.1, 0.15) is 5.54 Å². The van der Waals surface area contributed by atoms with Gasteiger partial charge < -0.3 is 35.4 Å². The van der Waals surface area contributed by atoms with E-state index in [9.17, 15) is 49.1 Å². The van der Waals surface area contributed by atoms with Crippen LogP contribution in [0.4, 0.5) is 39.5 Å². The van der Waals surface area contributed by atoms with Crippen LogP contribution < -0.4 is 10.6 Å². The first-order valence-electron chi connectivity index (χ1n) is 15.3. The zero-order chi connectivity index (χ0) is 41.1. The number of likely N-dealkylation sites (tertiary alicyclic amines) is 1. The van der Waals surface area contributed by atoms with E-state index in [1.807, 2.05) is 54.3 Å². The Hall–Kier alpha value is -5.45. The minimum atomic E-state index is -5.08. The van der Waals surface area contributed by atoms with Crippen LogP contribution in [0.3, 0.4) is 0 Å². The largest absolute Gasteiger partial charge is 0.490 e. The number of carbonyl (C=O) groups excluding carboxylic acids is 2. The van der Waals surface area contributed by atoms with E-state index in [1.165, 1.54) is 0 Å². The molecule has 2 aromatic heterocycles. The first-order chi connectivity index (χ1) is 24.9. The molecule has 23 heteroatoms. The lowest BCUT2D eigenvalue weighted by atomic mass is 9.86. The standard InChI is InChI=1S/C25H30N6O2.3C2HF3O2/c1-29-17-21(20-6-2-3-7-22(20)29)23(32)27-11-14-30-12-8-25(9-13-30)24(33)28-18-31(25)16-19-5-4-10-26-15-19;3*3-2(4,5)1(6)7/h2-7,10,15,17H,8-9,11-14,16,18H2,1H3,(H,27,32)(H,28,33);3*(H,6,7). The molecule has 2 saturated heterocycles. The van der Waals surface area contributed by atoms with Crippen molar-refractivity contribution < 1.29 is 78.8 Å². The number of hydrogen-bond acceptors (Lipinski definition) is 8. The first-order valence-corrected chi connectivity index (χ1v) is 15.3. The van der Waals surface area contributed by atoms with Gasteiger partial charge in [0, 0.05) is 69.3 Å². The summed E-state index contributed by atoms with van der Waals surface area (Å²) in [5.74, 6) is -8.18. The zero-order valence-corrected chi connectivity index (χ0v) is 27.9. The Bertz CT molecular complexity index is 1700. The number of rotatable bonds is 6. The maximum Gasteiger partial charge on any atom is 0.490 e. The molecule has 2 fully saturated rings. The molecule has 0 radical (unpaired) electrons. The fourth-order valence-corrected chi connectivity index (χ4v) is 5.18. The lowest BCUT2D eigenvalue weighted by Crippen LogP contribution is -2.56. The minimum absolute atomic E-state index is 0.0434. The third-order valence-corrected chi connectivity index (χ3v) is 7.82. The van der Waals surface area contributed by atoms with Crippen LogP contribution in [0.1, 0.15) is 28.8 Å². The van der Waals surface area contributed by atoms with Crippen LogP contribution in [0.15, 0.2) is 55.0 Å². The molecule has 3 aromatic rings. The number of nitrogens with one attached hydrogen (secondary N) is 2. The molecule has 5 N–H and O–H groups in total. The molecule has 54 heavy (non-hydrogen) atoms. The predicted molar refractivity (Wildman–Crippen MR) is 168 cm³/mol. The number of aliphatic carboxylic acids is 3. The number of nitrogens with zero attached hydrogens (tertiary/aromatic N) is 4. The number of piperidine rings is 1. The number of alkyl halides is 9. The average Bonchev–Trinajstić information content (AvgIpc) is 3.57. The van der Waals surface area contributed by atoms with Crippen molar-refractivity contribution in [2.75, 3.05) is 32.8 Å². The van der Waals surface area contributed by atoms with E-state index in [4.69, 9.17) is 29.7 Å². The molecule has 2 aliphatic heterocycles. The highest BCUT2D eigenvalue weighted by Gasteiger charge is 2.50. The molecule has 1 spiro atoms. The number of fused-ring (bicyclic) bond motifs is 1. The van der Waals surface area contributed by atoms with Crippen LogP contribution in [0.5, 0.6) is 0 Å². The van der Waals surface area contributed by atoms with Crippen molar-refractivity contribution in [2.45, 2.75) is 43.5 Å². The summed E-state index contributed by atoms with van der Waals surface area (Å²) in [6, 6.07) is 11.9. The van der Waals surface area contributed by atoms with Gasteiger partial charge in [-0.2, -0.15) is 39.5 Å². The van der Waals surface area contributed by atoms with E-state index in [-0.39, 0.29) is 11.8 Å². The van der Waals surface area contributed by atoms with Crippen LogP contribution in [0.25, 0.3) is 10.9 Å². The van der Waals surface area contributed by atoms with Crippen molar-refractivity contribution in [1.82, 2.24) is 30.0 Å². The van der Waals surface area contributed by atoms with Crippen LogP contribution >= 0.6 is 0 Å². The predicted octanol–water partition coefficient (Wildman–Crippen LogP) is 3.63. The summed E-state index contributed by atoms with van der Waals surface area (Å²) in [7, 11) is 1.96. The van der Waals surface area contributed by atoms with Crippen molar-refractivity contribution in [3.05, 3.63) is 66.1 Å². The third-order valence-electron chi connectivity index (χ3n) is 7.82. The van der Waals surface area contributed by atoms with E-state index < -0.39 is 42.0 Å². The Morgan fingerprint density at radius 1 is 0.852 bits per heavy atom. The van der Waals surface area contributed by atoms with Gasteiger partial charge in [0.2, 0.25) is 5.91 Å². The maximum absolute atomic E-state index is 12.8. The Labute approximate surface area is 299 Å². The average molecular weight is 789 g/mol. The van der Waals surface area contributed by atoms with Crippen molar-refractivity contribution in [2.24, 2.45) is 7.05 Å². The molecule has 0 atom stereocenters. The summed E-state index contributed by atoms with van der Waals surface area (Å²) in [5, 5.41) is 28.5. The summed E-state index contributed by atoms with van der Waals surface area (Å²) in [5.41, 5.74) is 2.43. The van der Waals surface area contributed by atoms with Crippen molar-refractivity contribution in [3.8, 4) is 0 Å².